The molecular formula is C10H10ClN2O2S. The van der Waals surface area contributed by atoms with Crippen molar-refractivity contribution in [3.8, 4) is 0 Å². The number of nitrogens with zero attached hydrogens (tertiary/aromatic N) is 2. The first-order chi connectivity index (χ1) is 7.18. The first-order valence-corrected chi connectivity index (χ1v) is 5.43. The lowest BCUT2D eigenvalue weighted by Crippen LogP contribution is -3.00. The number of fused-ring (bicyclic) bond motifs is 1. The molecule has 0 spiro atoms. The van der Waals surface area contributed by atoms with Gasteiger partial charge in [0.15, 0.2) is 5.69 Å². The molecule has 0 unspecified atom stereocenters. The van der Waals surface area contributed by atoms with Crippen molar-refractivity contribution in [2.75, 3.05) is 17.7 Å². The SMILES string of the molecule is CN1C(SCC(=O)O)=[N+]c2ccccc21.[Cl-]. The molecule has 0 aliphatic carbocycles. The van der Waals surface area contributed by atoms with Crippen molar-refractivity contribution in [2.45, 2.75) is 0 Å². The zero-order chi connectivity index (χ0) is 10.8. The summed E-state index contributed by atoms with van der Waals surface area (Å²) in [6.07, 6.45) is 0. The van der Waals surface area contributed by atoms with Crippen molar-refractivity contribution in [2.24, 2.45) is 0 Å². The van der Waals surface area contributed by atoms with Crippen LogP contribution in [-0.4, -0.2) is 29.0 Å². The molecule has 1 aromatic carbocycles. The number of hydrogen-bond donors (Lipinski definition) is 1. The summed E-state index contributed by atoms with van der Waals surface area (Å²) in [6.45, 7) is 0. The zero-order valence-corrected chi connectivity index (χ0v) is 10.1. The molecule has 0 aromatic heterocycles. The maximum absolute atomic E-state index is 10.4. The van der Waals surface area contributed by atoms with E-state index in [9.17, 15) is 4.79 Å². The lowest BCUT2D eigenvalue weighted by atomic mass is 10.3. The molecule has 0 bridgehead atoms. The van der Waals surface area contributed by atoms with Gasteiger partial charge in [-0.25, -0.2) is 4.90 Å². The average Bonchev–Trinajstić information content (AvgIpc) is 2.54. The molecule has 1 aliphatic heterocycles. The number of aliphatic imine (C=N–C) groups is 1. The number of anilines is 1. The number of thioether (sulfide) groups is 1. The Balaban J connectivity index is 0.00000128. The Morgan fingerprint density at radius 1 is 1.50 bits per heavy atom. The van der Waals surface area contributed by atoms with Crippen LogP contribution in [0.15, 0.2) is 24.3 Å². The minimum atomic E-state index is -0.827. The molecule has 0 saturated heterocycles. The van der Waals surface area contributed by atoms with Crippen molar-refractivity contribution in [1.29, 1.82) is 0 Å². The molecule has 2 rings (SSSR count). The van der Waals surface area contributed by atoms with E-state index in [1.165, 1.54) is 11.8 Å². The summed E-state index contributed by atoms with van der Waals surface area (Å²) in [5.41, 5.74) is 1.92. The van der Waals surface area contributed by atoms with Gasteiger partial charge in [0.1, 0.15) is 5.75 Å². The van der Waals surface area contributed by atoms with Gasteiger partial charge in [0, 0.05) is 0 Å². The highest BCUT2D eigenvalue weighted by molar-refractivity contribution is 8.14. The molecular weight excluding hydrogens is 248 g/mol. The van der Waals surface area contributed by atoms with Crippen LogP contribution < -0.4 is 22.3 Å². The van der Waals surface area contributed by atoms with Gasteiger partial charge < -0.3 is 17.5 Å². The van der Waals surface area contributed by atoms with Crippen molar-refractivity contribution in [3.63, 3.8) is 0 Å². The maximum atomic E-state index is 10.4. The number of carbonyl (C=O) groups is 1. The molecule has 0 fully saturated rings. The van der Waals surface area contributed by atoms with Crippen molar-refractivity contribution >= 4 is 34.3 Å². The van der Waals surface area contributed by atoms with Crippen LogP contribution in [0.3, 0.4) is 0 Å². The number of para-hydroxylation sites is 2. The minimum absolute atomic E-state index is 0. The van der Waals surface area contributed by atoms with Crippen molar-refractivity contribution in [3.05, 3.63) is 24.3 Å². The normalized spacial score (nSPS) is 12.8. The van der Waals surface area contributed by atoms with E-state index in [1.54, 1.807) is 0 Å². The number of amidine groups is 1. The smallest absolute Gasteiger partial charge is 0.360 e. The van der Waals surface area contributed by atoms with Gasteiger partial charge in [-0.1, -0.05) is 12.1 Å². The van der Waals surface area contributed by atoms with Gasteiger partial charge >= 0.3 is 11.1 Å². The van der Waals surface area contributed by atoms with Crippen LogP contribution in [0, 0.1) is 0 Å². The Bertz CT molecular complexity index is 437. The quantitative estimate of drug-likeness (QED) is 0.685. The van der Waals surface area contributed by atoms with Crippen LogP contribution in [0.4, 0.5) is 11.4 Å². The number of benzene rings is 1. The van der Waals surface area contributed by atoms with Gasteiger partial charge in [0.05, 0.1) is 7.05 Å². The second-order valence-corrected chi connectivity index (χ2v) is 4.07. The predicted molar refractivity (Wildman–Crippen MR) is 61.7 cm³/mol. The molecule has 1 N–H and O–H groups in total. The minimum Gasteiger partial charge on any atom is -1.00 e. The van der Waals surface area contributed by atoms with Crippen molar-refractivity contribution in [1.82, 2.24) is 4.99 Å². The monoisotopic (exact) mass is 257 g/mol. The van der Waals surface area contributed by atoms with E-state index in [0.717, 1.165) is 16.5 Å². The van der Waals surface area contributed by atoms with Crippen molar-refractivity contribution < 1.29 is 22.3 Å². The van der Waals surface area contributed by atoms with Gasteiger partial charge in [-0.2, -0.15) is 0 Å². The third kappa shape index (κ3) is 2.48. The molecule has 0 atom stereocenters. The number of rotatable bonds is 2. The van der Waals surface area contributed by atoms with Gasteiger partial charge in [0.2, 0.25) is 5.69 Å². The summed E-state index contributed by atoms with van der Waals surface area (Å²) in [4.78, 5) is 16.7. The molecule has 16 heavy (non-hydrogen) atoms. The summed E-state index contributed by atoms with van der Waals surface area (Å²) >= 11 is 1.23. The van der Waals surface area contributed by atoms with Crippen LogP contribution in [0.1, 0.15) is 0 Å². The number of carboxylic acid groups (broad SMARTS) is 1. The van der Waals surface area contributed by atoms with E-state index in [2.05, 4.69) is 4.99 Å². The number of halogens is 1. The van der Waals surface area contributed by atoms with Crippen LogP contribution in [-0.2, 0) is 4.79 Å². The molecule has 1 aromatic rings. The number of hydrogen-bond acceptors (Lipinski definition) is 4. The molecule has 0 saturated carbocycles. The molecule has 1 aliphatic rings. The Morgan fingerprint density at radius 3 is 2.81 bits per heavy atom. The first-order valence-electron chi connectivity index (χ1n) is 4.44. The predicted octanol–water partition coefficient (Wildman–Crippen LogP) is -1.72. The largest absolute Gasteiger partial charge is 1.00 e. The summed E-state index contributed by atoms with van der Waals surface area (Å²) < 4.78 is 0. The Hall–Kier alpha value is -1.20. The lowest BCUT2D eigenvalue weighted by Gasteiger charge is -2.03. The Morgan fingerprint density at radius 2 is 2.19 bits per heavy atom. The fourth-order valence-corrected chi connectivity index (χ4v) is 2.09. The van der Waals surface area contributed by atoms with E-state index in [1.807, 2.05) is 36.2 Å². The van der Waals surface area contributed by atoms with E-state index in [-0.39, 0.29) is 18.2 Å². The van der Waals surface area contributed by atoms with Gasteiger partial charge in [0.25, 0.3) is 0 Å². The molecule has 1 radical (unpaired) electrons. The van der Waals surface area contributed by atoms with Gasteiger partial charge in [-0.15, -0.1) is 0 Å². The van der Waals surface area contributed by atoms with Crippen LogP contribution >= 0.6 is 11.8 Å². The third-order valence-electron chi connectivity index (χ3n) is 2.07. The summed E-state index contributed by atoms with van der Waals surface area (Å²) in [5, 5.41) is 9.32. The summed E-state index contributed by atoms with van der Waals surface area (Å²) in [7, 11) is 1.89. The van der Waals surface area contributed by atoms with Crippen LogP contribution in [0.2, 0.25) is 0 Å². The molecule has 6 heteroatoms. The fraction of sp³-hybridized carbons (Fsp3) is 0.200. The lowest BCUT2D eigenvalue weighted by molar-refractivity contribution is -0.133. The van der Waals surface area contributed by atoms with Gasteiger partial charge in [-0.3, -0.25) is 4.79 Å². The molecule has 85 valence electrons. The van der Waals surface area contributed by atoms with Crippen LogP contribution in [0.25, 0.3) is 0 Å². The average molecular weight is 258 g/mol. The van der Waals surface area contributed by atoms with E-state index in [0.29, 0.717) is 0 Å². The highest BCUT2D eigenvalue weighted by atomic mass is 35.5. The third-order valence-corrected chi connectivity index (χ3v) is 3.09. The van der Waals surface area contributed by atoms with E-state index >= 15 is 0 Å². The highest BCUT2D eigenvalue weighted by Gasteiger charge is 2.31. The Labute approximate surface area is 104 Å². The topological polar surface area (TPSA) is 54.6 Å². The molecule has 4 nitrogen and oxygen atoms in total. The number of aliphatic carboxylic acids is 1. The highest BCUT2D eigenvalue weighted by Crippen LogP contribution is 2.30. The van der Waals surface area contributed by atoms with E-state index in [4.69, 9.17) is 5.11 Å². The summed E-state index contributed by atoms with van der Waals surface area (Å²) in [6, 6.07) is 7.74. The first kappa shape index (κ1) is 12.9. The summed E-state index contributed by atoms with van der Waals surface area (Å²) in [5.74, 6) is -0.788. The zero-order valence-electron chi connectivity index (χ0n) is 8.55. The van der Waals surface area contributed by atoms with Gasteiger partial charge in [-0.05, 0) is 28.9 Å². The fourth-order valence-electron chi connectivity index (χ4n) is 1.38. The second kappa shape index (κ2) is 5.23. The number of carboxylic acids is 1. The Kier molecular flexibility index (Phi) is 4.20. The maximum Gasteiger partial charge on any atom is 0.360 e. The second-order valence-electron chi connectivity index (χ2n) is 3.12. The van der Waals surface area contributed by atoms with E-state index < -0.39 is 5.97 Å². The molecule has 1 heterocycles. The van der Waals surface area contributed by atoms with Crippen LogP contribution in [0.5, 0.6) is 0 Å². The standard InChI is InChI=1S/C10H10N2O2S.ClH/c1-12-8-5-3-2-4-7(8)11-10(12)15-6-9(13)14;/h2-5H,6H2,1H3,(H,13,14);1H/q+1;/p-1. The molecule has 0 amide bonds.